The van der Waals surface area contributed by atoms with Crippen LogP contribution >= 0.6 is 11.8 Å². The van der Waals surface area contributed by atoms with Gasteiger partial charge in [-0.25, -0.2) is 0 Å². The fraction of sp³-hybridized carbons (Fsp3) is 0.360. The number of thioether (sulfide) groups is 1. The highest BCUT2D eigenvalue weighted by Crippen LogP contribution is 2.31. The largest absolute Gasteiger partial charge is 0.497 e. The van der Waals surface area contributed by atoms with Crippen LogP contribution < -0.4 is 9.47 Å². The molecule has 0 aliphatic carbocycles. The Morgan fingerprint density at radius 1 is 1.12 bits per heavy atom. The highest BCUT2D eigenvalue weighted by molar-refractivity contribution is 7.99. The minimum atomic E-state index is 0.211. The van der Waals surface area contributed by atoms with Crippen molar-refractivity contribution >= 4 is 22.7 Å². The molecule has 1 N–H and O–H groups in total. The summed E-state index contributed by atoms with van der Waals surface area (Å²) >= 11 is 1.72. The molecule has 1 fully saturated rings. The van der Waals surface area contributed by atoms with Gasteiger partial charge in [-0.05, 0) is 49.6 Å². The number of para-hydroxylation sites is 1. The number of benzene rings is 2. The van der Waals surface area contributed by atoms with Gasteiger partial charge in [0.05, 0.1) is 26.4 Å². The Labute approximate surface area is 197 Å². The van der Waals surface area contributed by atoms with Gasteiger partial charge in [0.1, 0.15) is 11.5 Å². The Morgan fingerprint density at radius 3 is 2.79 bits per heavy atom. The zero-order chi connectivity index (χ0) is 22.5. The van der Waals surface area contributed by atoms with E-state index in [-0.39, 0.29) is 6.10 Å². The minimum absolute atomic E-state index is 0.211. The van der Waals surface area contributed by atoms with Crippen LogP contribution in [-0.2, 0) is 11.3 Å². The van der Waals surface area contributed by atoms with Crippen molar-refractivity contribution in [3.05, 3.63) is 54.7 Å². The summed E-state index contributed by atoms with van der Waals surface area (Å²) in [4.78, 5) is 3.36. The maximum absolute atomic E-state index is 5.93. The molecule has 1 atom stereocenters. The molecule has 1 aliphatic rings. The van der Waals surface area contributed by atoms with E-state index in [9.17, 15) is 0 Å². The summed E-state index contributed by atoms with van der Waals surface area (Å²) in [5.74, 6) is 3.46. The van der Waals surface area contributed by atoms with Gasteiger partial charge in [-0.15, -0.1) is 10.2 Å². The predicted molar refractivity (Wildman–Crippen MR) is 130 cm³/mol. The number of nitrogens with zero attached hydrogens (tertiary/aromatic N) is 3. The Balaban J connectivity index is 1.26. The van der Waals surface area contributed by atoms with Gasteiger partial charge >= 0.3 is 0 Å². The zero-order valence-corrected chi connectivity index (χ0v) is 19.5. The number of hydrogen-bond donors (Lipinski definition) is 1. The van der Waals surface area contributed by atoms with Crippen molar-refractivity contribution in [3.8, 4) is 22.9 Å². The van der Waals surface area contributed by atoms with Crippen LogP contribution in [0.2, 0.25) is 0 Å². The third kappa shape index (κ3) is 5.02. The summed E-state index contributed by atoms with van der Waals surface area (Å²) < 4.78 is 19.2. The van der Waals surface area contributed by atoms with Gasteiger partial charge in [-0.3, -0.25) is 4.57 Å². The Bertz CT molecular complexity index is 1180. The number of hydrogen-bond acceptors (Lipinski definition) is 6. The summed E-state index contributed by atoms with van der Waals surface area (Å²) in [6.07, 6.45) is 5.33. The average Bonchev–Trinajstić information content (AvgIpc) is 3.60. The molecule has 3 heterocycles. The van der Waals surface area contributed by atoms with E-state index in [0.717, 1.165) is 77.1 Å². The normalized spacial score (nSPS) is 15.8. The lowest BCUT2D eigenvalue weighted by Crippen LogP contribution is -2.16. The maximum Gasteiger partial charge on any atom is 0.191 e. The number of aromatic amines is 1. The topological polar surface area (TPSA) is 74.2 Å². The molecule has 5 rings (SSSR count). The lowest BCUT2D eigenvalue weighted by atomic mass is 10.1. The standard InChI is InChI=1S/C25H28N4O3S/c1-30-18-9-11-19(12-10-18)31-14-5-15-33-25-28-27-24(29(25)17-20-6-4-13-32-20)22-16-26-23-8-3-2-7-21(22)23/h2-3,7-12,16,20,26H,4-6,13-15,17H2,1H3. The fourth-order valence-electron chi connectivity index (χ4n) is 4.09. The molecule has 0 saturated carbocycles. The van der Waals surface area contributed by atoms with E-state index in [1.54, 1.807) is 18.9 Å². The van der Waals surface area contributed by atoms with Crippen molar-refractivity contribution in [3.63, 3.8) is 0 Å². The lowest BCUT2D eigenvalue weighted by molar-refractivity contribution is 0.0953. The molecule has 33 heavy (non-hydrogen) atoms. The highest BCUT2D eigenvalue weighted by Gasteiger charge is 2.23. The van der Waals surface area contributed by atoms with E-state index < -0.39 is 0 Å². The lowest BCUT2D eigenvalue weighted by Gasteiger charge is -2.14. The first-order valence-electron chi connectivity index (χ1n) is 11.3. The third-order valence-electron chi connectivity index (χ3n) is 5.81. The van der Waals surface area contributed by atoms with Crippen molar-refractivity contribution in [2.24, 2.45) is 0 Å². The molecule has 1 aliphatic heterocycles. The molecule has 0 radical (unpaired) electrons. The van der Waals surface area contributed by atoms with E-state index >= 15 is 0 Å². The van der Waals surface area contributed by atoms with Crippen molar-refractivity contribution in [1.29, 1.82) is 0 Å². The predicted octanol–water partition coefficient (Wildman–Crippen LogP) is 5.18. The first-order chi connectivity index (χ1) is 16.3. The van der Waals surface area contributed by atoms with Crippen LogP contribution in [0, 0.1) is 0 Å². The second kappa shape index (κ2) is 10.3. The van der Waals surface area contributed by atoms with Gasteiger partial charge in [0.15, 0.2) is 11.0 Å². The first kappa shape index (κ1) is 21.9. The van der Waals surface area contributed by atoms with Gasteiger partial charge in [-0.1, -0.05) is 30.0 Å². The second-order valence-electron chi connectivity index (χ2n) is 8.03. The molecule has 0 bridgehead atoms. The zero-order valence-electron chi connectivity index (χ0n) is 18.7. The monoisotopic (exact) mass is 464 g/mol. The van der Waals surface area contributed by atoms with Crippen molar-refractivity contribution < 1.29 is 14.2 Å². The number of H-pyrrole nitrogens is 1. The number of fused-ring (bicyclic) bond motifs is 1. The van der Waals surface area contributed by atoms with Crippen LogP contribution in [0.4, 0.5) is 0 Å². The fourth-order valence-corrected chi connectivity index (χ4v) is 4.95. The summed E-state index contributed by atoms with van der Waals surface area (Å²) in [6, 6.07) is 16.0. The molecule has 2 aromatic carbocycles. The number of aromatic nitrogens is 4. The Kier molecular flexibility index (Phi) is 6.83. The first-order valence-corrected chi connectivity index (χ1v) is 12.3. The van der Waals surface area contributed by atoms with Crippen LogP contribution in [0.1, 0.15) is 19.3 Å². The minimum Gasteiger partial charge on any atom is -0.497 e. The summed E-state index contributed by atoms with van der Waals surface area (Å²) in [7, 11) is 1.66. The Morgan fingerprint density at radius 2 is 1.97 bits per heavy atom. The number of methoxy groups -OCH3 is 1. The molecule has 7 nitrogen and oxygen atoms in total. The van der Waals surface area contributed by atoms with Gasteiger partial charge in [0.2, 0.25) is 0 Å². The van der Waals surface area contributed by atoms with Gasteiger partial charge in [-0.2, -0.15) is 0 Å². The molecule has 4 aromatic rings. The number of rotatable bonds is 10. The quantitative estimate of drug-likeness (QED) is 0.258. The summed E-state index contributed by atoms with van der Waals surface area (Å²) in [5.41, 5.74) is 2.18. The van der Waals surface area contributed by atoms with E-state index in [1.165, 1.54) is 0 Å². The number of nitrogens with one attached hydrogen (secondary N) is 1. The molecule has 0 amide bonds. The molecule has 0 spiro atoms. The molecular weight excluding hydrogens is 436 g/mol. The summed E-state index contributed by atoms with van der Waals surface area (Å²) in [6.45, 7) is 2.25. The van der Waals surface area contributed by atoms with Crippen molar-refractivity contribution in [2.75, 3.05) is 26.1 Å². The highest BCUT2D eigenvalue weighted by atomic mass is 32.2. The van der Waals surface area contributed by atoms with Crippen molar-refractivity contribution in [1.82, 2.24) is 19.7 Å². The van der Waals surface area contributed by atoms with Gasteiger partial charge in [0.25, 0.3) is 0 Å². The molecule has 172 valence electrons. The molecule has 2 aromatic heterocycles. The second-order valence-corrected chi connectivity index (χ2v) is 9.09. The van der Waals surface area contributed by atoms with E-state index in [2.05, 4.69) is 37.9 Å². The molecule has 1 unspecified atom stereocenters. The van der Waals surface area contributed by atoms with E-state index in [1.807, 2.05) is 36.5 Å². The van der Waals surface area contributed by atoms with Crippen molar-refractivity contribution in [2.45, 2.75) is 37.1 Å². The van der Waals surface area contributed by atoms with Crippen LogP contribution in [0.5, 0.6) is 11.5 Å². The maximum atomic E-state index is 5.93. The van der Waals surface area contributed by atoms with Crippen LogP contribution in [0.15, 0.2) is 59.9 Å². The van der Waals surface area contributed by atoms with E-state index in [4.69, 9.17) is 14.2 Å². The third-order valence-corrected chi connectivity index (χ3v) is 6.86. The summed E-state index contributed by atoms with van der Waals surface area (Å²) in [5, 5.41) is 11.2. The smallest absolute Gasteiger partial charge is 0.191 e. The average molecular weight is 465 g/mol. The number of ether oxygens (including phenoxy) is 3. The molecule has 8 heteroatoms. The Hall–Kier alpha value is -2.97. The van der Waals surface area contributed by atoms with Gasteiger partial charge < -0.3 is 19.2 Å². The van der Waals surface area contributed by atoms with E-state index in [0.29, 0.717) is 6.61 Å². The SMILES string of the molecule is COc1ccc(OCCCSc2nnc(-c3c[nH]c4ccccc34)n2CC2CCCO2)cc1. The molecular formula is C25H28N4O3S. The molecule has 1 saturated heterocycles. The van der Waals surface area contributed by atoms with Crippen LogP contribution in [-0.4, -0.2) is 51.9 Å². The van der Waals surface area contributed by atoms with Gasteiger partial charge in [0, 0.05) is 35.0 Å². The van der Waals surface area contributed by atoms with Crippen LogP contribution in [0.25, 0.3) is 22.3 Å². The van der Waals surface area contributed by atoms with Crippen LogP contribution in [0.3, 0.4) is 0 Å².